The first kappa shape index (κ1) is 12.7. The summed E-state index contributed by atoms with van der Waals surface area (Å²) in [7, 11) is -5.66. The maximum atomic E-state index is 12.2. The van der Waals surface area contributed by atoms with Gasteiger partial charge in [-0.2, -0.15) is 21.6 Å². The summed E-state index contributed by atoms with van der Waals surface area (Å²) in [5.74, 6) is -0.0611. The summed E-state index contributed by atoms with van der Waals surface area (Å²) in [6, 6.07) is 0. The highest BCUT2D eigenvalue weighted by molar-refractivity contribution is 7.87. The smallest absolute Gasteiger partial charge is 0.376 e. The molecule has 100 valence electrons. The molecule has 0 aromatic carbocycles. The fourth-order valence-corrected chi connectivity index (χ4v) is 1.89. The van der Waals surface area contributed by atoms with Crippen molar-refractivity contribution in [3.8, 4) is 0 Å². The van der Waals surface area contributed by atoms with E-state index in [1.165, 1.54) is 12.4 Å². The molecular weight excluding hydrogens is 275 g/mol. The van der Waals surface area contributed by atoms with E-state index in [1.54, 1.807) is 0 Å². The van der Waals surface area contributed by atoms with Gasteiger partial charge in [0.1, 0.15) is 11.6 Å². The highest BCUT2D eigenvalue weighted by Gasteiger charge is 2.49. The molecule has 0 spiro atoms. The van der Waals surface area contributed by atoms with E-state index in [0.29, 0.717) is 5.82 Å². The monoisotopic (exact) mass is 283 g/mol. The lowest BCUT2D eigenvalue weighted by Crippen LogP contribution is -2.33. The quantitative estimate of drug-likeness (QED) is 0.558. The Labute approximate surface area is 100 Å². The van der Waals surface area contributed by atoms with E-state index in [2.05, 4.69) is 19.8 Å². The molecule has 2 heterocycles. The van der Waals surface area contributed by atoms with Crippen molar-refractivity contribution >= 4 is 16.5 Å². The van der Waals surface area contributed by atoms with Gasteiger partial charge in [0, 0.05) is 13.1 Å². The van der Waals surface area contributed by atoms with Gasteiger partial charge in [0.2, 0.25) is 0 Å². The van der Waals surface area contributed by atoms with Crippen molar-refractivity contribution in [3.05, 3.63) is 23.2 Å². The largest absolute Gasteiger partial charge is 0.534 e. The van der Waals surface area contributed by atoms with Crippen LogP contribution in [0.5, 0.6) is 0 Å². The second-order valence-electron chi connectivity index (χ2n) is 3.40. The first-order chi connectivity index (χ1) is 8.31. The number of hydrogen-bond donors (Lipinski definition) is 2. The molecule has 0 aromatic rings. The highest BCUT2D eigenvalue weighted by atomic mass is 32.2. The third-order valence-electron chi connectivity index (χ3n) is 2.19. The zero-order valence-electron chi connectivity index (χ0n) is 8.78. The molecule has 6 nitrogen and oxygen atoms in total. The molecule has 0 aromatic heterocycles. The molecule has 0 saturated carbocycles. The Bertz CT molecular complexity index is 548. The molecule has 0 radical (unpaired) electrons. The first-order valence-corrected chi connectivity index (χ1v) is 6.16. The summed E-state index contributed by atoms with van der Waals surface area (Å²) in [4.78, 5) is 3.83. The van der Waals surface area contributed by atoms with Crippen molar-refractivity contribution in [1.29, 1.82) is 0 Å². The second kappa shape index (κ2) is 4.19. The van der Waals surface area contributed by atoms with Gasteiger partial charge < -0.3 is 14.8 Å². The van der Waals surface area contributed by atoms with Crippen LogP contribution in [0.2, 0.25) is 0 Å². The van der Waals surface area contributed by atoms with Crippen LogP contribution in [0.1, 0.15) is 0 Å². The predicted molar refractivity (Wildman–Crippen MR) is 55.7 cm³/mol. The molecule has 10 heteroatoms. The number of halogens is 3. The van der Waals surface area contributed by atoms with E-state index in [-0.39, 0.29) is 24.4 Å². The number of dihydropyridines is 1. The summed E-state index contributed by atoms with van der Waals surface area (Å²) in [5, 5.41) is 5.44. The molecule has 0 aliphatic carbocycles. The van der Waals surface area contributed by atoms with Gasteiger partial charge in [-0.3, -0.25) is 0 Å². The van der Waals surface area contributed by atoms with Crippen molar-refractivity contribution in [2.24, 2.45) is 4.99 Å². The average Bonchev–Trinajstić information content (AvgIpc) is 2.27. The lowest BCUT2D eigenvalue weighted by atomic mass is 10.1. The molecule has 2 rings (SSSR count). The molecular formula is C8H8F3N3O3S. The van der Waals surface area contributed by atoms with Crippen LogP contribution in [0, 0.1) is 0 Å². The van der Waals surface area contributed by atoms with Gasteiger partial charge in [-0.25, -0.2) is 4.99 Å². The Morgan fingerprint density at radius 3 is 2.78 bits per heavy atom. The van der Waals surface area contributed by atoms with Gasteiger partial charge in [0.05, 0.1) is 11.9 Å². The van der Waals surface area contributed by atoms with Gasteiger partial charge in [0.15, 0.2) is 0 Å². The van der Waals surface area contributed by atoms with Crippen LogP contribution >= 0.6 is 0 Å². The fraction of sp³-hybridized carbons (Fsp3) is 0.375. The molecule has 2 N–H and O–H groups in total. The normalized spacial score (nSPS) is 19.6. The molecule has 18 heavy (non-hydrogen) atoms. The van der Waals surface area contributed by atoms with Crippen LogP contribution in [0.15, 0.2) is 28.2 Å². The summed E-state index contributed by atoms with van der Waals surface area (Å²) >= 11 is 0. The molecule has 2 aliphatic heterocycles. The van der Waals surface area contributed by atoms with E-state index in [4.69, 9.17) is 0 Å². The first-order valence-electron chi connectivity index (χ1n) is 4.75. The number of rotatable bonds is 2. The van der Waals surface area contributed by atoms with Crippen LogP contribution < -0.4 is 10.6 Å². The Kier molecular flexibility index (Phi) is 2.97. The Morgan fingerprint density at radius 2 is 2.11 bits per heavy atom. The van der Waals surface area contributed by atoms with Gasteiger partial charge in [0.25, 0.3) is 0 Å². The summed E-state index contributed by atoms with van der Waals surface area (Å²) in [6.45, 7) is 0.268. The molecule has 0 amide bonds. The van der Waals surface area contributed by atoms with Crippen LogP contribution in [0.4, 0.5) is 13.2 Å². The Hall–Kier alpha value is -1.71. The summed E-state index contributed by atoms with van der Waals surface area (Å²) in [5.41, 5.74) is -5.22. The molecule has 0 bridgehead atoms. The zero-order chi connectivity index (χ0) is 13.4. The van der Waals surface area contributed by atoms with E-state index in [9.17, 15) is 21.6 Å². The molecule has 2 aliphatic rings. The van der Waals surface area contributed by atoms with Crippen molar-refractivity contribution < 1.29 is 25.8 Å². The number of aliphatic imine (C=N–C) groups is 1. The minimum atomic E-state index is -5.66. The predicted octanol–water partition coefficient (Wildman–Crippen LogP) is 0.183. The van der Waals surface area contributed by atoms with Crippen LogP contribution in [0.25, 0.3) is 0 Å². The molecule has 0 saturated heterocycles. The van der Waals surface area contributed by atoms with Gasteiger partial charge in [-0.15, -0.1) is 0 Å². The van der Waals surface area contributed by atoms with E-state index in [1.807, 2.05) is 0 Å². The number of alkyl halides is 3. The van der Waals surface area contributed by atoms with Crippen LogP contribution in [-0.2, 0) is 14.3 Å². The Morgan fingerprint density at radius 1 is 1.39 bits per heavy atom. The third kappa shape index (κ3) is 2.28. The van der Waals surface area contributed by atoms with E-state index in [0.717, 1.165) is 0 Å². The maximum absolute atomic E-state index is 12.2. The fourth-order valence-electron chi connectivity index (χ4n) is 1.39. The average molecular weight is 283 g/mol. The van der Waals surface area contributed by atoms with Gasteiger partial charge >= 0.3 is 15.6 Å². The maximum Gasteiger partial charge on any atom is 0.534 e. The van der Waals surface area contributed by atoms with Gasteiger partial charge in [-0.05, 0) is 6.08 Å². The number of hydrogen-bond acceptors (Lipinski definition) is 6. The van der Waals surface area contributed by atoms with Crippen molar-refractivity contribution in [3.63, 3.8) is 0 Å². The van der Waals surface area contributed by atoms with Crippen molar-refractivity contribution in [2.75, 3.05) is 13.1 Å². The lowest BCUT2D eigenvalue weighted by Gasteiger charge is -2.23. The summed E-state index contributed by atoms with van der Waals surface area (Å²) < 4.78 is 62.5. The molecule has 0 unspecified atom stereocenters. The number of nitrogens with one attached hydrogen (secondary N) is 2. The second-order valence-corrected chi connectivity index (χ2v) is 4.94. The zero-order valence-corrected chi connectivity index (χ0v) is 9.60. The summed E-state index contributed by atoms with van der Waals surface area (Å²) in [6.07, 6.45) is 2.57. The highest BCUT2D eigenvalue weighted by Crippen LogP contribution is 2.30. The third-order valence-corrected chi connectivity index (χ3v) is 3.15. The Balaban J connectivity index is 2.28. The number of nitrogens with zero attached hydrogens (tertiary/aromatic N) is 1. The minimum Gasteiger partial charge on any atom is -0.376 e. The minimum absolute atomic E-state index is 0.130. The SMILES string of the molecule is O=S(=O)(OC1=CCNC2=C1CNC=N2)C(F)(F)F. The van der Waals surface area contributed by atoms with Crippen LogP contribution in [0.3, 0.4) is 0 Å². The topological polar surface area (TPSA) is 79.8 Å². The molecule has 0 fully saturated rings. The molecule has 0 atom stereocenters. The van der Waals surface area contributed by atoms with E-state index >= 15 is 0 Å². The van der Waals surface area contributed by atoms with Crippen LogP contribution in [-0.4, -0.2) is 33.4 Å². The van der Waals surface area contributed by atoms with Gasteiger partial charge in [-0.1, -0.05) is 0 Å². The van der Waals surface area contributed by atoms with Crippen molar-refractivity contribution in [1.82, 2.24) is 10.6 Å². The van der Waals surface area contributed by atoms with Crippen molar-refractivity contribution in [2.45, 2.75) is 5.51 Å². The standard InChI is InChI=1S/C8H8F3N3O3S/c9-8(10,11)18(15,16)17-6-1-2-13-7-5(6)3-12-4-14-7/h1,4,13H,2-3H2,(H,12,14). The lowest BCUT2D eigenvalue weighted by molar-refractivity contribution is -0.0520. The van der Waals surface area contributed by atoms with E-state index < -0.39 is 15.6 Å².